The molecule has 114 valence electrons. The lowest BCUT2D eigenvalue weighted by Crippen LogP contribution is -2.28. The molecule has 0 bridgehead atoms. The molecule has 1 aliphatic heterocycles. The Balaban J connectivity index is 2.05. The number of rotatable bonds is 3. The van der Waals surface area contributed by atoms with Crippen molar-refractivity contribution >= 4 is 29.1 Å². The third-order valence-corrected chi connectivity index (χ3v) is 4.66. The Bertz CT molecular complexity index is 713. The monoisotopic (exact) mass is 333 g/mol. The van der Waals surface area contributed by atoms with Crippen molar-refractivity contribution in [3.63, 3.8) is 0 Å². The molecule has 0 aliphatic carbocycles. The molecule has 0 spiro atoms. The second kappa shape index (κ2) is 6.16. The van der Waals surface area contributed by atoms with E-state index in [2.05, 4.69) is 9.97 Å². The highest BCUT2D eigenvalue weighted by Crippen LogP contribution is 2.44. The van der Waals surface area contributed by atoms with E-state index in [0.29, 0.717) is 23.3 Å². The van der Waals surface area contributed by atoms with E-state index in [9.17, 15) is 0 Å². The van der Waals surface area contributed by atoms with E-state index in [1.54, 1.807) is 17.8 Å². The molecule has 7 heteroatoms. The van der Waals surface area contributed by atoms with Gasteiger partial charge in [0.25, 0.3) is 0 Å². The number of aryl methyl sites for hydroxylation is 1. The number of para-hydroxylation sites is 1. The van der Waals surface area contributed by atoms with Crippen molar-refractivity contribution in [1.82, 2.24) is 9.97 Å². The van der Waals surface area contributed by atoms with Crippen molar-refractivity contribution in [2.75, 3.05) is 4.90 Å². The number of nitrogens with zero attached hydrogens (tertiary/aromatic N) is 3. The van der Waals surface area contributed by atoms with Crippen LogP contribution >= 0.6 is 23.4 Å². The van der Waals surface area contributed by atoms with Crippen LogP contribution in [-0.4, -0.2) is 9.97 Å². The fraction of sp³-hybridized carbons (Fsp3) is 0.200. The van der Waals surface area contributed by atoms with Crippen LogP contribution in [0.1, 0.15) is 22.5 Å². The predicted octanol–water partition coefficient (Wildman–Crippen LogP) is 2.91. The minimum atomic E-state index is -0.0769. The Kier molecular flexibility index (Phi) is 4.24. The molecule has 1 unspecified atom stereocenters. The van der Waals surface area contributed by atoms with Gasteiger partial charge in [0, 0.05) is 23.7 Å². The van der Waals surface area contributed by atoms with Crippen molar-refractivity contribution in [3.05, 3.63) is 63.8 Å². The average Bonchev–Trinajstić information content (AvgIpc) is 2.88. The smallest absolute Gasteiger partial charge is 0.133 e. The van der Waals surface area contributed by atoms with Gasteiger partial charge in [-0.15, -0.1) is 0 Å². The number of benzene rings is 1. The first-order valence-electron chi connectivity index (χ1n) is 6.79. The van der Waals surface area contributed by atoms with Crippen LogP contribution in [-0.2, 0) is 6.54 Å². The number of nitrogens with two attached hydrogens (primary N) is 2. The van der Waals surface area contributed by atoms with Gasteiger partial charge in [-0.2, -0.15) is 0 Å². The van der Waals surface area contributed by atoms with Gasteiger partial charge in [-0.05, 0) is 18.6 Å². The van der Waals surface area contributed by atoms with Gasteiger partial charge in [-0.1, -0.05) is 41.6 Å². The molecule has 0 amide bonds. The molecule has 0 saturated heterocycles. The summed E-state index contributed by atoms with van der Waals surface area (Å²) in [6, 6.07) is 9.73. The minimum absolute atomic E-state index is 0.0769. The molecule has 0 fully saturated rings. The van der Waals surface area contributed by atoms with E-state index in [1.807, 2.05) is 41.5 Å². The van der Waals surface area contributed by atoms with Gasteiger partial charge in [0.2, 0.25) is 0 Å². The Hall–Kier alpha value is -1.76. The summed E-state index contributed by atoms with van der Waals surface area (Å²) in [5, 5.41) is 2.27. The van der Waals surface area contributed by atoms with Crippen LogP contribution in [0.4, 0.5) is 5.69 Å². The van der Waals surface area contributed by atoms with Crippen LogP contribution in [0.15, 0.2) is 41.6 Å². The Labute approximate surface area is 138 Å². The predicted molar refractivity (Wildman–Crippen MR) is 91.2 cm³/mol. The summed E-state index contributed by atoms with van der Waals surface area (Å²) in [6.45, 7) is 2.27. The molecule has 3 rings (SSSR count). The highest BCUT2D eigenvalue weighted by Gasteiger charge is 2.30. The molecule has 1 atom stereocenters. The molecule has 0 radical (unpaired) electrons. The summed E-state index contributed by atoms with van der Waals surface area (Å²) >= 11 is 7.66. The normalized spacial score (nSPS) is 17.7. The molecule has 22 heavy (non-hydrogen) atoms. The van der Waals surface area contributed by atoms with E-state index >= 15 is 0 Å². The van der Waals surface area contributed by atoms with Gasteiger partial charge < -0.3 is 16.4 Å². The summed E-state index contributed by atoms with van der Waals surface area (Å²) < 4.78 is 0. The van der Waals surface area contributed by atoms with Crippen molar-refractivity contribution in [2.24, 2.45) is 11.5 Å². The van der Waals surface area contributed by atoms with E-state index in [1.165, 1.54) is 0 Å². The zero-order valence-electron chi connectivity index (χ0n) is 12.0. The number of hydrogen-bond donors (Lipinski definition) is 2. The minimum Gasteiger partial charge on any atom is -0.385 e. The maximum Gasteiger partial charge on any atom is 0.133 e. The average molecular weight is 334 g/mol. The van der Waals surface area contributed by atoms with Crippen molar-refractivity contribution in [2.45, 2.75) is 18.8 Å². The zero-order chi connectivity index (χ0) is 15.7. The first-order chi connectivity index (χ1) is 10.6. The van der Waals surface area contributed by atoms with Crippen LogP contribution in [0.2, 0.25) is 5.15 Å². The van der Waals surface area contributed by atoms with Gasteiger partial charge in [0.15, 0.2) is 0 Å². The Morgan fingerprint density at radius 3 is 2.82 bits per heavy atom. The molecule has 1 aliphatic rings. The summed E-state index contributed by atoms with van der Waals surface area (Å²) in [6.07, 6.45) is 0. The quantitative estimate of drug-likeness (QED) is 0.840. The van der Waals surface area contributed by atoms with Gasteiger partial charge >= 0.3 is 0 Å². The van der Waals surface area contributed by atoms with Gasteiger partial charge in [0.05, 0.1) is 5.69 Å². The van der Waals surface area contributed by atoms with Crippen molar-refractivity contribution in [1.29, 1.82) is 0 Å². The number of aromatic nitrogens is 2. The van der Waals surface area contributed by atoms with Gasteiger partial charge in [-0.3, -0.25) is 0 Å². The summed E-state index contributed by atoms with van der Waals surface area (Å²) in [4.78, 5) is 10.7. The summed E-state index contributed by atoms with van der Waals surface area (Å²) in [7, 11) is 0. The van der Waals surface area contributed by atoms with Crippen LogP contribution in [0.3, 0.4) is 0 Å². The van der Waals surface area contributed by atoms with Gasteiger partial charge in [0.1, 0.15) is 22.2 Å². The Morgan fingerprint density at radius 2 is 2.09 bits per heavy atom. The van der Waals surface area contributed by atoms with Gasteiger partial charge in [-0.25, -0.2) is 9.97 Å². The number of anilines is 1. The van der Waals surface area contributed by atoms with E-state index < -0.39 is 0 Å². The highest BCUT2D eigenvalue weighted by atomic mass is 35.5. The van der Waals surface area contributed by atoms with Crippen LogP contribution in [0.5, 0.6) is 0 Å². The highest BCUT2D eigenvalue weighted by molar-refractivity contribution is 8.02. The third-order valence-electron chi connectivity index (χ3n) is 3.38. The molecule has 4 N–H and O–H groups in total. The standard InChI is InChI=1S/C15H16ClN5S/c1-9-19-11(6-13(16)20-9)15-21(14(18)8-22-15)12-5-3-2-4-10(12)7-17/h2-6,8,15H,7,17-18H2,1H3. The second-order valence-electron chi connectivity index (χ2n) is 4.90. The van der Waals surface area contributed by atoms with Crippen molar-refractivity contribution in [3.8, 4) is 0 Å². The van der Waals surface area contributed by atoms with Crippen LogP contribution in [0, 0.1) is 6.92 Å². The lowest BCUT2D eigenvalue weighted by molar-refractivity contribution is 0.836. The molecular formula is C15H16ClN5S. The zero-order valence-corrected chi connectivity index (χ0v) is 13.6. The van der Waals surface area contributed by atoms with Crippen LogP contribution < -0.4 is 16.4 Å². The molecular weight excluding hydrogens is 318 g/mol. The maximum absolute atomic E-state index is 6.19. The maximum atomic E-state index is 6.19. The molecule has 1 aromatic carbocycles. The second-order valence-corrected chi connectivity index (χ2v) is 6.24. The fourth-order valence-electron chi connectivity index (χ4n) is 2.45. The Morgan fingerprint density at radius 1 is 1.32 bits per heavy atom. The fourth-order valence-corrected chi connectivity index (χ4v) is 3.69. The molecule has 5 nitrogen and oxygen atoms in total. The molecule has 1 aromatic heterocycles. The van der Waals surface area contributed by atoms with E-state index in [-0.39, 0.29) is 5.37 Å². The summed E-state index contributed by atoms with van der Waals surface area (Å²) in [5.74, 6) is 1.31. The van der Waals surface area contributed by atoms with E-state index in [4.69, 9.17) is 23.1 Å². The number of thioether (sulfide) groups is 1. The SMILES string of the molecule is Cc1nc(Cl)cc(C2SC=C(N)N2c2ccccc2CN)n1. The van der Waals surface area contributed by atoms with E-state index in [0.717, 1.165) is 16.9 Å². The first-order valence-corrected chi connectivity index (χ1v) is 8.11. The summed E-state index contributed by atoms with van der Waals surface area (Å²) in [5.41, 5.74) is 14.9. The topological polar surface area (TPSA) is 81.1 Å². The third kappa shape index (κ3) is 2.77. The first kappa shape index (κ1) is 15.1. The molecule has 0 saturated carbocycles. The molecule has 2 aromatic rings. The lowest BCUT2D eigenvalue weighted by Gasteiger charge is -2.28. The number of halogens is 1. The largest absolute Gasteiger partial charge is 0.385 e. The van der Waals surface area contributed by atoms with Crippen molar-refractivity contribution < 1.29 is 0 Å². The molecule has 2 heterocycles. The lowest BCUT2D eigenvalue weighted by atomic mass is 10.1. The number of hydrogen-bond acceptors (Lipinski definition) is 6. The van der Waals surface area contributed by atoms with Crippen LogP contribution in [0.25, 0.3) is 0 Å².